The Balaban J connectivity index is 4.92. The van der Waals surface area contributed by atoms with E-state index in [0.717, 1.165) is 4.90 Å². The number of nitrogens with two attached hydrogens (primary N) is 1. The minimum Gasteiger partial charge on any atom is -0.391 e. The van der Waals surface area contributed by atoms with Crippen molar-refractivity contribution in [3.05, 3.63) is 0 Å². The van der Waals surface area contributed by atoms with Gasteiger partial charge in [0.1, 0.15) is 12.6 Å². The zero-order valence-electron chi connectivity index (χ0n) is 13.8. The molecule has 9 nitrogen and oxygen atoms in total. The second-order valence-electron chi connectivity index (χ2n) is 5.19. The van der Waals surface area contributed by atoms with Crippen molar-refractivity contribution < 1.29 is 24.3 Å². The summed E-state index contributed by atoms with van der Waals surface area (Å²) in [6, 6.07) is -1.81. The lowest BCUT2D eigenvalue weighted by molar-refractivity contribution is -0.130. The summed E-state index contributed by atoms with van der Waals surface area (Å²) in [4.78, 5) is 48.6. The van der Waals surface area contributed by atoms with Gasteiger partial charge in [-0.05, 0) is 19.8 Å². The van der Waals surface area contributed by atoms with E-state index in [2.05, 4.69) is 5.32 Å². The third kappa shape index (κ3) is 7.09. The molecule has 23 heavy (non-hydrogen) atoms. The van der Waals surface area contributed by atoms with E-state index in [1.165, 1.54) is 11.8 Å². The standard InChI is InChI=1S/C14H26N4O5/c1-4-6-17(14(23)18(9-19)7-5-2)8-11(21)16-12(10(3)20)13(15)22/h9-10,12,20H,4-8H2,1-3H3,(H2,15,22)(H,16,21)/t10?,12-/m0/s1. The molecule has 9 heteroatoms. The molecule has 0 aromatic carbocycles. The maximum atomic E-state index is 12.2. The van der Waals surface area contributed by atoms with Crippen LogP contribution in [0.15, 0.2) is 0 Å². The van der Waals surface area contributed by atoms with Gasteiger partial charge in [-0.25, -0.2) is 4.79 Å². The van der Waals surface area contributed by atoms with Crippen molar-refractivity contribution in [2.75, 3.05) is 19.6 Å². The number of hydrogen-bond acceptors (Lipinski definition) is 5. The maximum Gasteiger partial charge on any atom is 0.326 e. The molecule has 0 fully saturated rings. The number of urea groups is 1. The smallest absolute Gasteiger partial charge is 0.326 e. The Morgan fingerprint density at radius 2 is 1.78 bits per heavy atom. The monoisotopic (exact) mass is 330 g/mol. The van der Waals surface area contributed by atoms with Gasteiger partial charge >= 0.3 is 6.03 Å². The molecule has 4 N–H and O–H groups in total. The maximum absolute atomic E-state index is 12.2. The second kappa shape index (κ2) is 10.5. The van der Waals surface area contributed by atoms with Crippen molar-refractivity contribution in [1.29, 1.82) is 0 Å². The molecule has 0 radical (unpaired) electrons. The summed E-state index contributed by atoms with van der Waals surface area (Å²) in [6.45, 7) is 5.15. The van der Waals surface area contributed by atoms with E-state index >= 15 is 0 Å². The molecule has 2 atom stereocenters. The molecule has 0 aliphatic carbocycles. The van der Waals surface area contributed by atoms with Crippen LogP contribution >= 0.6 is 0 Å². The van der Waals surface area contributed by atoms with Crippen LogP contribution in [0, 0.1) is 0 Å². The van der Waals surface area contributed by atoms with Gasteiger partial charge in [0.15, 0.2) is 0 Å². The molecule has 132 valence electrons. The zero-order valence-corrected chi connectivity index (χ0v) is 13.8. The average molecular weight is 330 g/mol. The first-order valence-electron chi connectivity index (χ1n) is 7.55. The van der Waals surface area contributed by atoms with Crippen molar-refractivity contribution >= 4 is 24.3 Å². The summed E-state index contributed by atoms with van der Waals surface area (Å²) < 4.78 is 0. The van der Waals surface area contributed by atoms with Crippen LogP contribution in [0.3, 0.4) is 0 Å². The molecule has 0 aromatic rings. The number of nitrogens with one attached hydrogen (secondary N) is 1. The van der Waals surface area contributed by atoms with Gasteiger partial charge in [0, 0.05) is 13.1 Å². The summed E-state index contributed by atoms with van der Waals surface area (Å²) >= 11 is 0. The van der Waals surface area contributed by atoms with E-state index in [-0.39, 0.29) is 19.6 Å². The van der Waals surface area contributed by atoms with E-state index in [9.17, 15) is 24.3 Å². The van der Waals surface area contributed by atoms with Gasteiger partial charge in [0.25, 0.3) is 0 Å². The quantitative estimate of drug-likeness (QED) is 0.444. The Hall–Kier alpha value is -2.16. The fourth-order valence-electron chi connectivity index (χ4n) is 1.95. The van der Waals surface area contributed by atoms with Gasteiger partial charge in [-0.15, -0.1) is 0 Å². The molecular weight excluding hydrogens is 304 g/mol. The lowest BCUT2D eigenvalue weighted by Gasteiger charge is -2.27. The number of primary amides is 1. The summed E-state index contributed by atoms with van der Waals surface area (Å²) in [7, 11) is 0. The van der Waals surface area contributed by atoms with Crippen molar-refractivity contribution in [2.45, 2.75) is 45.8 Å². The van der Waals surface area contributed by atoms with E-state index in [1.54, 1.807) is 0 Å². The normalized spacial score (nSPS) is 12.9. The summed E-state index contributed by atoms with van der Waals surface area (Å²) in [5, 5.41) is 11.7. The number of hydrogen-bond donors (Lipinski definition) is 3. The molecule has 0 saturated carbocycles. The Morgan fingerprint density at radius 1 is 1.22 bits per heavy atom. The van der Waals surface area contributed by atoms with Crippen LogP contribution in [-0.4, -0.2) is 70.9 Å². The predicted molar refractivity (Wildman–Crippen MR) is 83.1 cm³/mol. The van der Waals surface area contributed by atoms with Gasteiger partial charge in [-0.1, -0.05) is 13.8 Å². The third-order valence-electron chi connectivity index (χ3n) is 3.04. The first-order valence-corrected chi connectivity index (χ1v) is 7.55. The first-order chi connectivity index (χ1) is 10.8. The van der Waals surface area contributed by atoms with Crippen LogP contribution in [0.1, 0.15) is 33.6 Å². The number of imide groups is 1. The molecule has 0 spiro atoms. The van der Waals surface area contributed by atoms with Crippen LogP contribution < -0.4 is 11.1 Å². The largest absolute Gasteiger partial charge is 0.391 e. The minimum atomic E-state index is -1.24. The molecule has 0 aliphatic heterocycles. The van der Waals surface area contributed by atoms with Gasteiger partial charge in [-0.3, -0.25) is 19.3 Å². The van der Waals surface area contributed by atoms with Crippen LogP contribution in [0.25, 0.3) is 0 Å². The lowest BCUT2D eigenvalue weighted by atomic mass is 10.1. The summed E-state index contributed by atoms with van der Waals surface area (Å²) in [5.74, 6) is -1.51. The van der Waals surface area contributed by atoms with Crippen LogP contribution in [0.2, 0.25) is 0 Å². The van der Waals surface area contributed by atoms with Crippen LogP contribution in [0.5, 0.6) is 0 Å². The van der Waals surface area contributed by atoms with Crippen molar-refractivity contribution in [3.8, 4) is 0 Å². The highest BCUT2D eigenvalue weighted by atomic mass is 16.3. The van der Waals surface area contributed by atoms with Crippen molar-refractivity contribution in [1.82, 2.24) is 15.1 Å². The zero-order chi connectivity index (χ0) is 18.0. The lowest BCUT2D eigenvalue weighted by Crippen LogP contribution is -2.54. The number of aliphatic hydroxyl groups is 1. The fraction of sp³-hybridized carbons (Fsp3) is 0.714. The highest BCUT2D eigenvalue weighted by Crippen LogP contribution is 2.01. The highest BCUT2D eigenvalue weighted by molar-refractivity contribution is 5.91. The molecule has 0 saturated heterocycles. The minimum absolute atomic E-state index is 0.252. The van der Waals surface area contributed by atoms with E-state index in [4.69, 9.17) is 5.73 Å². The average Bonchev–Trinajstić information content (AvgIpc) is 2.48. The summed E-state index contributed by atoms with van der Waals surface area (Å²) in [5.41, 5.74) is 5.10. The van der Waals surface area contributed by atoms with Gasteiger partial charge in [-0.2, -0.15) is 0 Å². The number of carbonyl (C=O) groups excluding carboxylic acids is 4. The van der Waals surface area contributed by atoms with E-state index < -0.39 is 30.0 Å². The van der Waals surface area contributed by atoms with E-state index in [0.29, 0.717) is 19.3 Å². The SMILES string of the molecule is CCCN(C=O)C(=O)N(CCC)CC(=O)N[C@H](C(N)=O)C(C)O. The molecule has 1 unspecified atom stereocenters. The fourth-order valence-corrected chi connectivity index (χ4v) is 1.95. The molecule has 0 aliphatic rings. The second-order valence-corrected chi connectivity index (χ2v) is 5.19. The van der Waals surface area contributed by atoms with Crippen molar-refractivity contribution in [2.24, 2.45) is 5.73 Å². The van der Waals surface area contributed by atoms with Crippen LogP contribution in [0.4, 0.5) is 4.79 Å². The Bertz CT molecular complexity index is 427. The number of amides is 5. The molecule has 0 bridgehead atoms. The van der Waals surface area contributed by atoms with Gasteiger partial charge in [0.05, 0.1) is 6.10 Å². The molecule has 5 amide bonds. The topological polar surface area (TPSA) is 133 Å². The summed E-state index contributed by atoms with van der Waals surface area (Å²) in [6.07, 6.45) is 0.461. The molecule has 0 heterocycles. The number of carbonyl (C=O) groups is 4. The Kier molecular flexibility index (Phi) is 9.56. The van der Waals surface area contributed by atoms with Crippen LogP contribution in [-0.2, 0) is 14.4 Å². The highest BCUT2D eigenvalue weighted by Gasteiger charge is 2.26. The molecular formula is C14H26N4O5. The van der Waals surface area contributed by atoms with E-state index in [1.807, 2.05) is 13.8 Å². The molecule has 0 rings (SSSR count). The molecule has 0 aromatic heterocycles. The Labute approximate surface area is 135 Å². The number of rotatable bonds is 10. The van der Waals surface area contributed by atoms with Gasteiger partial charge < -0.3 is 21.1 Å². The third-order valence-corrected chi connectivity index (χ3v) is 3.04. The number of nitrogens with zero attached hydrogens (tertiary/aromatic N) is 2. The number of aliphatic hydroxyl groups excluding tert-OH is 1. The Morgan fingerprint density at radius 3 is 2.17 bits per heavy atom. The first kappa shape index (κ1) is 20.8. The van der Waals surface area contributed by atoms with Gasteiger partial charge in [0.2, 0.25) is 18.2 Å². The van der Waals surface area contributed by atoms with Crippen molar-refractivity contribution in [3.63, 3.8) is 0 Å². The predicted octanol–water partition coefficient (Wildman–Crippen LogP) is -0.962.